The van der Waals surface area contributed by atoms with E-state index in [9.17, 15) is 0 Å². The van der Waals surface area contributed by atoms with Crippen LogP contribution in [-0.4, -0.2) is 27.8 Å². The van der Waals surface area contributed by atoms with Crippen molar-refractivity contribution in [2.75, 3.05) is 6.61 Å². The number of aromatic nitrogens is 2. The smallest absolute Gasteiger partial charge is 0.232 e. The van der Waals surface area contributed by atoms with Crippen LogP contribution < -0.4 is 4.74 Å². The van der Waals surface area contributed by atoms with Crippen LogP contribution in [0.1, 0.15) is 19.3 Å². The molecule has 2 atom stereocenters. The molecule has 0 spiro atoms. The fraction of sp³-hybridized carbons (Fsp3) is 0.600. The second-order valence-electron chi connectivity index (χ2n) is 3.65. The van der Waals surface area contributed by atoms with Crippen molar-refractivity contribution in [3.63, 3.8) is 0 Å². The van der Waals surface area contributed by atoms with E-state index in [0.29, 0.717) is 11.8 Å². The summed E-state index contributed by atoms with van der Waals surface area (Å²) in [5.74, 6) is 0.979. The van der Waals surface area contributed by atoms with Crippen molar-refractivity contribution in [3.8, 4) is 5.88 Å². The first-order valence-electron chi connectivity index (χ1n) is 4.92. The van der Waals surface area contributed by atoms with Crippen LogP contribution >= 0.6 is 0 Å². The van der Waals surface area contributed by atoms with Crippen LogP contribution in [0.5, 0.6) is 5.88 Å². The Morgan fingerprint density at radius 3 is 3.00 bits per heavy atom. The minimum Gasteiger partial charge on any atom is -0.473 e. The topological polar surface area (TPSA) is 55.2 Å². The zero-order valence-corrected chi connectivity index (χ0v) is 7.97. The number of hydrogen-bond donors (Lipinski definition) is 1. The second kappa shape index (κ2) is 4.37. The third-order valence-electron chi connectivity index (χ3n) is 2.58. The van der Waals surface area contributed by atoms with Crippen LogP contribution in [0, 0.1) is 5.92 Å². The molecule has 2 rings (SSSR count). The number of aliphatic hydroxyl groups is 1. The van der Waals surface area contributed by atoms with Gasteiger partial charge in [0.05, 0.1) is 6.20 Å². The maximum absolute atomic E-state index is 8.97. The van der Waals surface area contributed by atoms with Gasteiger partial charge in [-0.1, -0.05) is 0 Å². The summed E-state index contributed by atoms with van der Waals surface area (Å²) in [5.41, 5.74) is 0. The maximum Gasteiger partial charge on any atom is 0.232 e. The highest BCUT2D eigenvalue weighted by molar-refractivity contribution is 5.02. The van der Waals surface area contributed by atoms with Gasteiger partial charge in [-0.05, 0) is 25.2 Å². The largest absolute Gasteiger partial charge is 0.473 e. The predicted octanol–water partition coefficient (Wildman–Crippen LogP) is 1.02. The molecule has 1 saturated carbocycles. The average molecular weight is 194 g/mol. The molecule has 0 aromatic carbocycles. The van der Waals surface area contributed by atoms with E-state index < -0.39 is 0 Å². The molecule has 4 nitrogen and oxygen atoms in total. The van der Waals surface area contributed by atoms with Crippen LogP contribution in [0.3, 0.4) is 0 Å². The van der Waals surface area contributed by atoms with Crippen LogP contribution in [0.25, 0.3) is 0 Å². The van der Waals surface area contributed by atoms with Gasteiger partial charge in [-0.3, -0.25) is 4.98 Å². The van der Waals surface area contributed by atoms with Crippen molar-refractivity contribution < 1.29 is 9.84 Å². The first kappa shape index (κ1) is 9.40. The lowest BCUT2D eigenvalue weighted by Crippen LogP contribution is -2.13. The minimum atomic E-state index is 0.198. The molecule has 0 saturated heterocycles. The molecule has 14 heavy (non-hydrogen) atoms. The fourth-order valence-corrected chi connectivity index (χ4v) is 1.82. The summed E-state index contributed by atoms with van der Waals surface area (Å²) < 4.78 is 5.62. The highest BCUT2D eigenvalue weighted by Gasteiger charge is 2.25. The standard InChI is InChI=1S/C10H14N2O2/c13-7-8-1-2-9(5-8)14-10-6-11-3-4-12-10/h3-4,6,8-9,13H,1-2,5,7H2. The summed E-state index contributed by atoms with van der Waals surface area (Å²) in [5, 5.41) is 8.97. The minimum absolute atomic E-state index is 0.198. The number of hydrogen-bond acceptors (Lipinski definition) is 4. The zero-order chi connectivity index (χ0) is 9.80. The van der Waals surface area contributed by atoms with Crippen molar-refractivity contribution in [1.82, 2.24) is 9.97 Å². The number of nitrogens with zero attached hydrogens (tertiary/aromatic N) is 2. The summed E-state index contributed by atoms with van der Waals surface area (Å²) >= 11 is 0. The molecule has 1 N–H and O–H groups in total. The highest BCUT2D eigenvalue weighted by Crippen LogP contribution is 2.27. The summed E-state index contributed by atoms with van der Waals surface area (Å²) in [6.45, 7) is 0.264. The van der Waals surface area contributed by atoms with Crippen LogP contribution in [0.15, 0.2) is 18.6 Å². The van der Waals surface area contributed by atoms with E-state index in [2.05, 4.69) is 9.97 Å². The molecule has 76 valence electrons. The molecule has 1 aliphatic rings. The Bertz CT molecular complexity index is 279. The van der Waals surface area contributed by atoms with Gasteiger partial charge < -0.3 is 9.84 Å². The van der Waals surface area contributed by atoms with Gasteiger partial charge in [-0.25, -0.2) is 4.98 Å². The third kappa shape index (κ3) is 2.20. The summed E-state index contributed by atoms with van der Waals surface area (Å²) in [4.78, 5) is 7.97. The van der Waals surface area contributed by atoms with Gasteiger partial charge in [0.1, 0.15) is 6.10 Å². The van der Waals surface area contributed by atoms with Crippen LogP contribution in [0.4, 0.5) is 0 Å². The Morgan fingerprint density at radius 2 is 2.36 bits per heavy atom. The normalized spacial score (nSPS) is 26.4. The molecular formula is C10H14N2O2. The lowest BCUT2D eigenvalue weighted by atomic mass is 10.1. The van der Waals surface area contributed by atoms with Gasteiger partial charge in [0.2, 0.25) is 5.88 Å². The Morgan fingerprint density at radius 1 is 1.43 bits per heavy atom. The molecule has 0 aliphatic heterocycles. The Hall–Kier alpha value is -1.16. The molecule has 1 aliphatic carbocycles. The van der Waals surface area contributed by atoms with E-state index >= 15 is 0 Å². The fourth-order valence-electron chi connectivity index (χ4n) is 1.82. The summed E-state index contributed by atoms with van der Waals surface area (Å²) in [7, 11) is 0. The van der Waals surface area contributed by atoms with Crippen LogP contribution in [0.2, 0.25) is 0 Å². The van der Waals surface area contributed by atoms with Gasteiger partial charge in [-0.2, -0.15) is 0 Å². The Labute approximate surface area is 83.0 Å². The van der Waals surface area contributed by atoms with E-state index in [1.165, 1.54) is 0 Å². The van der Waals surface area contributed by atoms with Gasteiger partial charge in [0.15, 0.2) is 0 Å². The zero-order valence-electron chi connectivity index (χ0n) is 7.97. The number of rotatable bonds is 3. The quantitative estimate of drug-likeness (QED) is 0.780. The highest BCUT2D eigenvalue weighted by atomic mass is 16.5. The van der Waals surface area contributed by atoms with Gasteiger partial charge in [-0.15, -0.1) is 0 Å². The van der Waals surface area contributed by atoms with E-state index in [-0.39, 0.29) is 12.7 Å². The average Bonchev–Trinajstić information content (AvgIpc) is 2.67. The molecule has 1 aromatic heterocycles. The van der Waals surface area contributed by atoms with E-state index in [1.54, 1.807) is 18.6 Å². The third-order valence-corrected chi connectivity index (χ3v) is 2.58. The first-order valence-corrected chi connectivity index (χ1v) is 4.92. The predicted molar refractivity (Wildman–Crippen MR) is 50.9 cm³/mol. The molecule has 0 bridgehead atoms. The SMILES string of the molecule is OCC1CCC(Oc2cnccn2)C1. The molecule has 0 amide bonds. The van der Waals surface area contributed by atoms with Crippen molar-refractivity contribution in [2.24, 2.45) is 5.92 Å². The lowest BCUT2D eigenvalue weighted by molar-refractivity contribution is 0.177. The monoisotopic (exact) mass is 194 g/mol. The Kier molecular flexibility index (Phi) is 2.93. The maximum atomic E-state index is 8.97. The van der Waals surface area contributed by atoms with Crippen LogP contribution in [-0.2, 0) is 0 Å². The Balaban J connectivity index is 1.88. The molecule has 2 unspecified atom stereocenters. The molecule has 0 radical (unpaired) electrons. The second-order valence-corrected chi connectivity index (χ2v) is 3.65. The number of aliphatic hydroxyl groups excluding tert-OH is 1. The van der Waals surface area contributed by atoms with E-state index in [4.69, 9.17) is 9.84 Å². The van der Waals surface area contributed by atoms with E-state index in [1.807, 2.05) is 0 Å². The molecule has 4 heteroatoms. The molecular weight excluding hydrogens is 180 g/mol. The lowest BCUT2D eigenvalue weighted by Gasteiger charge is -2.11. The van der Waals surface area contributed by atoms with Crippen molar-refractivity contribution in [1.29, 1.82) is 0 Å². The molecule has 1 fully saturated rings. The van der Waals surface area contributed by atoms with Crippen molar-refractivity contribution in [2.45, 2.75) is 25.4 Å². The van der Waals surface area contributed by atoms with Crippen molar-refractivity contribution >= 4 is 0 Å². The van der Waals surface area contributed by atoms with E-state index in [0.717, 1.165) is 19.3 Å². The number of ether oxygens (including phenoxy) is 1. The van der Waals surface area contributed by atoms with Gasteiger partial charge in [0.25, 0.3) is 0 Å². The summed E-state index contributed by atoms with van der Waals surface area (Å²) in [6.07, 6.45) is 8.03. The molecule has 1 heterocycles. The van der Waals surface area contributed by atoms with Crippen molar-refractivity contribution in [3.05, 3.63) is 18.6 Å². The van der Waals surface area contributed by atoms with Gasteiger partial charge in [0, 0.05) is 19.0 Å². The van der Waals surface area contributed by atoms with Gasteiger partial charge >= 0.3 is 0 Å². The molecule has 1 aromatic rings. The first-order chi connectivity index (χ1) is 6.88. The summed E-state index contributed by atoms with van der Waals surface area (Å²) in [6, 6.07) is 0.